The molecule has 1 aliphatic carbocycles. The van der Waals surface area contributed by atoms with E-state index in [4.69, 9.17) is 10.8 Å². The van der Waals surface area contributed by atoms with Gasteiger partial charge in [0.05, 0.1) is 5.56 Å². The predicted molar refractivity (Wildman–Crippen MR) is 53.4 cm³/mol. The van der Waals surface area contributed by atoms with Gasteiger partial charge in [-0.15, -0.1) is 0 Å². The van der Waals surface area contributed by atoms with Crippen LogP contribution in [-0.2, 0) is 6.42 Å². The summed E-state index contributed by atoms with van der Waals surface area (Å²) in [5.41, 5.74) is 9.56. The van der Waals surface area contributed by atoms with Gasteiger partial charge in [-0.2, -0.15) is 0 Å². The molecule has 1 atom stereocenters. The Hall–Kier alpha value is -1.35. The average molecular weight is 191 g/mol. The summed E-state index contributed by atoms with van der Waals surface area (Å²) in [6, 6.07) is 3.54. The Labute approximate surface area is 82.5 Å². The molecule has 1 aliphatic rings. The van der Waals surface area contributed by atoms with Gasteiger partial charge >= 0.3 is 5.97 Å². The van der Waals surface area contributed by atoms with Crippen LogP contribution in [0.5, 0.6) is 0 Å². The number of hydrogen-bond acceptors (Lipinski definition) is 2. The molecule has 3 nitrogen and oxygen atoms in total. The highest BCUT2D eigenvalue weighted by atomic mass is 16.4. The molecular weight excluding hydrogens is 178 g/mol. The molecule has 0 aromatic heterocycles. The van der Waals surface area contributed by atoms with Crippen LogP contribution < -0.4 is 5.73 Å². The highest BCUT2D eigenvalue weighted by molar-refractivity contribution is 5.88. The standard InChI is InChI=1S/C11H13NO2/c1-6-4-8(11(13)14)5-7-2-3-9(12)10(6)7/h4-5,9H,2-3,12H2,1H3,(H,13,14)/t9-/m1/s1. The molecule has 0 aliphatic heterocycles. The smallest absolute Gasteiger partial charge is 0.335 e. The maximum atomic E-state index is 10.8. The molecule has 1 aromatic rings. The first-order valence-electron chi connectivity index (χ1n) is 4.72. The Morgan fingerprint density at radius 1 is 1.57 bits per heavy atom. The summed E-state index contributed by atoms with van der Waals surface area (Å²) >= 11 is 0. The minimum Gasteiger partial charge on any atom is -0.478 e. The van der Waals surface area contributed by atoms with Gasteiger partial charge in [-0.3, -0.25) is 0 Å². The number of carboxylic acids is 1. The molecule has 0 saturated heterocycles. The lowest BCUT2D eigenvalue weighted by Crippen LogP contribution is -2.08. The van der Waals surface area contributed by atoms with E-state index in [1.54, 1.807) is 12.1 Å². The Balaban J connectivity index is 2.57. The molecule has 0 unspecified atom stereocenters. The molecule has 0 amide bonds. The largest absolute Gasteiger partial charge is 0.478 e. The van der Waals surface area contributed by atoms with E-state index in [2.05, 4.69) is 0 Å². The number of fused-ring (bicyclic) bond motifs is 1. The second-order valence-electron chi connectivity index (χ2n) is 3.82. The summed E-state index contributed by atoms with van der Waals surface area (Å²) in [5, 5.41) is 8.88. The van der Waals surface area contributed by atoms with Gasteiger partial charge in [0.2, 0.25) is 0 Å². The van der Waals surface area contributed by atoms with Crippen molar-refractivity contribution in [2.75, 3.05) is 0 Å². The molecule has 3 heteroatoms. The monoisotopic (exact) mass is 191 g/mol. The van der Waals surface area contributed by atoms with Gasteiger partial charge in [0.1, 0.15) is 0 Å². The Morgan fingerprint density at radius 3 is 2.93 bits per heavy atom. The summed E-state index contributed by atoms with van der Waals surface area (Å²) < 4.78 is 0. The van der Waals surface area contributed by atoms with Crippen molar-refractivity contribution in [1.82, 2.24) is 0 Å². The molecule has 0 spiro atoms. The molecule has 0 fully saturated rings. The molecular formula is C11H13NO2. The van der Waals surface area contributed by atoms with Crippen LogP contribution in [0.2, 0.25) is 0 Å². The van der Waals surface area contributed by atoms with E-state index in [1.807, 2.05) is 6.92 Å². The molecule has 0 bridgehead atoms. The Kier molecular flexibility index (Phi) is 2.04. The van der Waals surface area contributed by atoms with E-state index in [0.717, 1.165) is 29.5 Å². The van der Waals surface area contributed by atoms with Crippen molar-refractivity contribution in [3.8, 4) is 0 Å². The minimum atomic E-state index is -0.864. The third-order valence-corrected chi connectivity index (χ3v) is 2.81. The Morgan fingerprint density at radius 2 is 2.29 bits per heavy atom. The van der Waals surface area contributed by atoms with Gasteiger partial charge in [-0.25, -0.2) is 4.79 Å². The predicted octanol–water partition coefficient (Wildman–Crippen LogP) is 1.64. The van der Waals surface area contributed by atoms with Crippen molar-refractivity contribution < 1.29 is 9.90 Å². The molecule has 2 rings (SSSR count). The number of benzene rings is 1. The fourth-order valence-corrected chi connectivity index (χ4v) is 2.19. The second-order valence-corrected chi connectivity index (χ2v) is 3.82. The van der Waals surface area contributed by atoms with Gasteiger partial charge in [0.25, 0.3) is 0 Å². The maximum Gasteiger partial charge on any atom is 0.335 e. The van der Waals surface area contributed by atoms with Crippen molar-refractivity contribution in [1.29, 1.82) is 0 Å². The minimum absolute atomic E-state index is 0.0906. The van der Waals surface area contributed by atoms with E-state index < -0.39 is 5.97 Å². The van der Waals surface area contributed by atoms with E-state index in [0.29, 0.717) is 5.56 Å². The molecule has 0 radical (unpaired) electrons. The van der Waals surface area contributed by atoms with Gasteiger partial charge in [0, 0.05) is 6.04 Å². The van der Waals surface area contributed by atoms with E-state index in [-0.39, 0.29) is 6.04 Å². The van der Waals surface area contributed by atoms with Crippen molar-refractivity contribution in [3.63, 3.8) is 0 Å². The fraction of sp³-hybridized carbons (Fsp3) is 0.364. The van der Waals surface area contributed by atoms with Crippen LogP contribution in [0.1, 0.15) is 39.5 Å². The van der Waals surface area contributed by atoms with Crippen LogP contribution >= 0.6 is 0 Å². The molecule has 1 aromatic carbocycles. The molecule has 3 N–H and O–H groups in total. The van der Waals surface area contributed by atoms with Gasteiger partial charge in [-0.05, 0) is 48.6 Å². The number of hydrogen-bond donors (Lipinski definition) is 2. The summed E-state index contributed by atoms with van der Waals surface area (Å²) in [7, 11) is 0. The van der Waals surface area contributed by atoms with Crippen molar-refractivity contribution in [2.45, 2.75) is 25.8 Å². The fourth-order valence-electron chi connectivity index (χ4n) is 2.19. The zero-order valence-corrected chi connectivity index (χ0v) is 8.08. The van der Waals surface area contributed by atoms with Crippen molar-refractivity contribution in [3.05, 3.63) is 34.4 Å². The first kappa shape index (κ1) is 9.21. The van der Waals surface area contributed by atoms with Crippen molar-refractivity contribution >= 4 is 5.97 Å². The van der Waals surface area contributed by atoms with Crippen molar-refractivity contribution in [2.24, 2.45) is 5.73 Å². The number of carboxylic acid groups (broad SMARTS) is 1. The summed E-state index contributed by atoms with van der Waals surface area (Å²) in [4.78, 5) is 10.8. The lowest BCUT2D eigenvalue weighted by molar-refractivity contribution is 0.0696. The SMILES string of the molecule is Cc1cc(C(=O)O)cc2c1[C@H](N)CC2. The first-order chi connectivity index (χ1) is 6.59. The quantitative estimate of drug-likeness (QED) is 0.709. The van der Waals surface area contributed by atoms with Crippen LogP contribution in [0.4, 0.5) is 0 Å². The number of aromatic carboxylic acids is 1. The van der Waals surface area contributed by atoms with E-state index in [9.17, 15) is 4.79 Å². The maximum absolute atomic E-state index is 10.8. The van der Waals surface area contributed by atoms with Crippen LogP contribution in [-0.4, -0.2) is 11.1 Å². The van der Waals surface area contributed by atoms with Gasteiger partial charge in [-0.1, -0.05) is 0 Å². The summed E-state index contributed by atoms with van der Waals surface area (Å²) in [6.07, 6.45) is 1.83. The lowest BCUT2D eigenvalue weighted by atomic mass is 9.99. The first-order valence-corrected chi connectivity index (χ1v) is 4.72. The molecule has 14 heavy (non-hydrogen) atoms. The highest BCUT2D eigenvalue weighted by Crippen LogP contribution is 2.32. The van der Waals surface area contributed by atoms with Crippen LogP contribution in [0.15, 0.2) is 12.1 Å². The average Bonchev–Trinajstić information content (AvgIpc) is 2.48. The zero-order valence-electron chi connectivity index (χ0n) is 8.08. The van der Waals surface area contributed by atoms with Gasteiger partial charge < -0.3 is 10.8 Å². The third-order valence-electron chi connectivity index (χ3n) is 2.81. The summed E-state index contributed by atoms with van der Waals surface area (Å²) in [6.45, 7) is 1.93. The molecule has 0 heterocycles. The zero-order chi connectivity index (χ0) is 10.3. The topological polar surface area (TPSA) is 63.3 Å². The normalized spacial score (nSPS) is 19.4. The number of rotatable bonds is 1. The van der Waals surface area contributed by atoms with E-state index >= 15 is 0 Å². The molecule has 74 valence electrons. The van der Waals surface area contributed by atoms with E-state index in [1.165, 1.54) is 0 Å². The number of aryl methyl sites for hydroxylation is 2. The second kappa shape index (κ2) is 3.10. The highest BCUT2D eigenvalue weighted by Gasteiger charge is 2.22. The van der Waals surface area contributed by atoms with Crippen LogP contribution in [0, 0.1) is 6.92 Å². The number of carbonyl (C=O) groups is 1. The third kappa shape index (κ3) is 1.30. The number of nitrogens with two attached hydrogens (primary N) is 1. The van der Waals surface area contributed by atoms with Crippen LogP contribution in [0.3, 0.4) is 0 Å². The van der Waals surface area contributed by atoms with Crippen LogP contribution in [0.25, 0.3) is 0 Å². The Bertz CT molecular complexity index is 399. The molecule has 0 saturated carbocycles. The summed E-state index contributed by atoms with van der Waals surface area (Å²) in [5.74, 6) is -0.864. The lowest BCUT2D eigenvalue weighted by Gasteiger charge is -2.09. The van der Waals surface area contributed by atoms with Gasteiger partial charge in [0.15, 0.2) is 0 Å².